The van der Waals surface area contributed by atoms with Gasteiger partial charge in [0.25, 0.3) is 0 Å². The first kappa shape index (κ1) is 13.4. The van der Waals surface area contributed by atoms with Crippen molar-refractivity contribution < 1.29 is 9.90 Å². The first-order valence-corrected chi connectivity index (χ1v) is 4.99. The van der Waals surface area contributed by atoms with Gasteiger partial charge in [-0.05, 0) is 32.9 Å². The van der Waals surface area contributed by atoms with Crippen LogP contribution in [0.15, 0.2) is 0 Å². The number of amides is 1. The summed E-state index contributed by atoms with van der Waals surface area (Å²) in [6, 6.07) is 0. The van der Waals surface area contributed by atoms with E-state index in [1.165, 1.54) is 0 Å². The summed E-state index contributed by atoms with van der Waals surface area (Å²) in [6.07, 6.45) is 3.38. The maximum atomic E-state index is 10.8. The molecule has 0 aromatic heterocycles. The Balaban J connectivity index is 3.27. The van der Waals surface area contributed by atoms with Gasteiger partial charge in [0.1, 0.15) is 0 Å². The number of aliphatic hydroxyl groups is 1. The molecule has 0 aliphatic rings. The summed E-state index contributed by atoms with van der Waals surface area (Å²) < 4.78 is 0. The number of nitrogens with two attached hydrogens (primary N) is 1. The monoisotopic (exact) mass is 203 g/mol. The number of rotatable bonds is 8. The van der Waals surface area contributed by atoms with Crippen molar-refractivity contribution in [2.45, 2.75) is 25.7 Å². The summed E-state index contributed by atoms with van der Waals surface area (Å²) in [6.45, 7) is 1.94. The maximum absolute atomic E-state index is 10.8. The first-order chi connectivity index (χ1) is 6.70. The minimum Gasteiger partial charge on any atom is -0.396 e. The second kappa shape index (κ2) is 8.93. The molecule has 0 radical (unpaired) electrons. The molecule has 5 nitrogen and oxygen atoms in total. The Bertz CT molecular complexity index is 153. The standard InChI is InChI=1S/C9H21N3O2/c1-12(6-3-2-4-8-13)7-5-9(14)11-10/h13H,2-8,10H2,1H3,(H,11,14). The smallest absolute Gasteiger partial charge is 0.235 e. The van der Waals surface area contributed by atoms with E-state index in [0.717, 1.165) is 32.4 Å². The second-order valence-corrected chi connectivity index (χ2v) is 3.41. The molecule has 0 aromatic carbocycles. The molecule has 0 aliphatic carbocycles. The van der Waals surface area contributed by atoms with Crippen molar-refractivity contribution in [2.24, 2.45) is 5.84 Å². The number of nitrogens with one attached hydrogen (secondary N) is 1. The lowest BCUT2D eigenvalue weighted by molar-refractivity contribution is -0.121. The summed E-state index contributed by atoms with van der Waals surface area (Å²) in [5.74, 6) is 4.82. The van der Waals surface area contributed by atoms with E-state index < -0.39 is 0 Å². The number of hydrazine groups is 1. The predicted molar refractivity (Wildman–Crippen MR) is 55.4 cm³/mol. The zero-order chi connectivity index (χ0) is 10.8. The van der Waals surface area contributed by atoms with Crippen molar-refractivity contribution in [3.05, 3.63) is 0 Å². The average molecular weight is 203 g/mol. The third kappa shape index (κ3) is 7.97. The Hall–Kier alpha value is -0.650. The van der Waals surface area contributed by atoms with E-state index in [-0.39, 0.29) is 12.5 Å². The topological polar surface area (TPSA) is 78.6 Å². The highest BCUT2D eigenvalue weighted by Gasteiger charge is 2.02. The van der Waals surface area contributed by atoms with Gasteiger partial charge in [0.05, 0.1) is 0 Å². The minimum atomic E-state index is -0.132. The molecule has 0 fully saturated rings. The minimum absolute atomic E-state index is 0.132. The Kier molecular flexibility index (Phi) is 8.51. The Morgan fingerprint density at radius 3 is 2.64 bits per heavy atom. The van der Waals surface area contributed by atoms with Crippen LogP contribution in [0.4, 0.5) is 0 Å². The summed E-state index contributed by atoms with van der Waals surface area (Å²) in [4.78, 5) is 12.9. The SMILES string of the molecule is CN(CCCCCO)CCC(=O)NN. The highest BCUT2D eigenvalue weighted by atomic mass is 16.2. The van der Waals surface area contributed by atoms with E-state index in [4.69, 9.17) is 10.9 Å². The Morgan fingerprint density at radius 1 is 1.36 bits per heavy atom. The van der Waals surface area contributed by atoms with Crippen molar-refractivity contribution in [1.29, 1.82) is 0 Å². The average Bonchev–Trinajstić information content (AvgIpc) is 2.21. The van der Waals surface area contributed by atoms with Gasteiger partial charge in [0.15, 0.2) is 0 Å². The van der Waals surface area contributed by atoms with Crippen LogP contribution in [-0.2, 0) is 4.79 Å². The molecular weight excluding hydrogens is 182 g/mol. The van der Waals surface area contributed by atoms with Gasteiger partial charge < -0.3 is 10.0 Å². The number of unbranched alkanes of at least 4 members (excludes halogenated alkanes) is 2. The molecule has 0 aliphatic heterocycles. The van der Waals surface area contributed by atoms with E-state index in [9.17, 15) is 4.79 Å². The van der Waals surface area contributed by atoms with Crippen LogP contribution in [0.2, 0.25) is 0 Å². The van der Waals surface area contributed by atoms with Crippen LogP contribution in [0.5, 0.6) is 0 Å². The highest BCUT2D eigenvalue weighted by molar-refractivity contribution is 5.75. The van der Waals surface area contributed by atoms with E-state index in [1.807, 2.05) is 7.05 Å². The molecule has 5 heteroatoms. The first-order valence-electron chi connectivity index (χ1n) is 4.99. The molecule has 1 amide bonds. The van der Waals surface area contributed by atoms with Gasteiger partial charge in [-0.1, -0.05) is 0 Å². The van der Waals surface area contributed by atoms with Gasteiger partial charge in [-0.25, -0.2) is 5.84 Å². The molecule has 0 unspecified atom stereocenters. The maximum Gasteiger partial charge on any atom is 0.235 e. The van der Waals surface area contributed by atoms with Gasteiger partial charge >= 0.3 is 0 Å². The molecule has 0 saturated carbocycles. The van der Waals surface area contributed by atoms with Crippen LogP contribution < -0.4 is 11.3 Å². The number of carbonyl (C=O) groups is 1. The zero-order valence-corrected chi connectivity index (χ0v) is 8.83. The normalized spacial score (nSPS) is 10.6. The fourth-order valence-corrected chi connectivity index (χ4v) is 1.15. The Morgan fingerprint density at radius 2 is 2.07 bits per heavy atom. The molecule has 84 valence electrons. The Labute approximate surface area is 85.2 Å². The number of nitrogens with zero attached hydrogens (tertiary/aromatic N) is 1. The zero-order valence-electron chi connectivity index (χ0n) is 8.83. The lowest BCUT2D eigenvalue weighted by Gasteiger charge is -2.15. The van der Waals surface area contributed by atoms with Crippen LogP contribution in [0.25, 0.3) is 0 Å². The molecule has 0 bridgehead atoms. The molecular formula is C9H21N3O2. The van der Waals surface area contributed by atoms with E-state index >= 15 is 0 Å². The van der Waals surface area contributed by atoms with Crippen molar-refractivity contribution >= 4 is 5.91 Å². The molecule has 14 heavy (non-hydrogen) atoms. The number of aliphatic hydroxyl groups excluding tert-OH is 1. The van der Waals surface area contributed by atoms with Crippen LogP contribution in [0, 0.1) is 0 Å². The molecule has 0 spiro atoms. The van der Waals surface area contributed by atoms with Crippen LogP contribution >= 0.6 is 0 Å². The van der Waals surface area contributed by atoms with Crippen molar-refractivity contribution in [3.63, 3.8) is 0 Å². The fraction of sp³-hybridized carbons (Fsp3) is 0.889. The van der Waals surface area contributed by atoms with E-state index in [0.29, 0.717) is 6.42 Å². The summed E-state index contributed by atoms with van der Waals surface area (Å²) >= 11 is 0. The third-order valence-corrected chi connectivity index (χ3v) is 2.08. The third-order valence-electron chi connectivity index (χ3n) is 2.08. The van der Waals surface area contributed by atoms with Gasteiger partial charge in [-0.15, -0.1) is 0 Å². The summed E-state index contributed by atoms with van der Waals surface area (Å²) in [7, 11) is 1.97. The molecule has 0 atom stereocenters. The molecule has 0 aromatic rings. The van der Waals surface area contributed by atoms with Gasteiger partial charge in [-0.3, -0.25) is 10.2 Å². The number of hydrogen-bond donors (Lipinski definition) is 3. The number of carbonyl (C=O) groups excluding carboxylic acids is 1. The fourth-order valence-electron chi connectivity index (χ4n) is 1.15. The molecule has 0 heterocycles. The number of hydrogen-bond acceptors (Lipinski definition) is 4. The summed E-state index contributed by atoms with van der Waals surface area (Å²) in [5.41, 5.74) is 2.10. The highest BCUT2D eigenvalue weighted by Crippen LogP contribution is 1.97. The van der Waals surface area contributed by atoms with Gasteiger partial charge in [0.2, 0.25) is 5.91 Å². The predicted octanol–water partition coefficient (Wildman–Crippen LogP) is -0.539. The van der Waals surface area contributed by atoms with Crippen molar-refractivity contribution in [2.75, 3.05) is 26.7 Å². The van der Waals surface area contributed by atoms with Crippen molar-refractivity contribution in [1.82, 2.24) is 10.3 Å². The lowest BCUT2D eigenvalue weighted by Crippen LogP contribution is -2.33. The largest absolute Gasteiger partial charge is 0.396 e. The summed E-state index contributed by atoms with van der Waals surface area (Å²) in [5, 5.41) is 8.56. The van der Waals surface area contributed by atoms with E-state index in [2.05, 4.69) is 10.3 Å². The lowest BCUT2D eigenvalue weighted by atomic mass is 10.2. The molecule has 0 rings (SSSR count). The van der Waals surface area contributed by atoms with Crippen LogP contribution in [0.3, 0.4) is 0 Å². The van der Waals surface area contributed by atoms with Crippen molar-refractivity contribution in [3.8, 4) is 0 Å². The van der Waals surface area contributed by atoms with Crippen LogP contribution in [0.1, 0.15) is 25.7 Å². The van der Waals surface area contributed by atoms with Gasteiger partial charge in [0, 0.05) is 19.6 Å². The molecule has 4 N–H and O–H groups in total. The van der Waals surface area contributed by atoms with Crippen LogP contribution in [-0.4, -0.2) is 42.7 Å². The van der Waals surface area contributed by atoms with E-state index in [1.54, 1.807) is 0 Å². The quantitative estimate of drug-likeness (QED) is 0.214. The second-order valence-electron chi connectivity index (χ2n) is 3.41. The molecule has 0 saturated heterocycles. The van der Waals surface area contributed by atoms with Gasteiger partial charge in [-0.2, -0.15) is 0 Å².